The summed E-state index contributed by atoms with van der Waals surface area (Å²) in [6, 6.07) is 0. The summed E-state index contributed by atoms with van der Waals surface area (Å²) in [5.41, 5.74) is -1.47. The maximum atomic E-state index is 13.4. The van der Waals surface area contributed by atoms with E-state index >= 15 is 0 Å². The molecule has 0 N–H and O–H groups in total. The van der Waals surface area contributed by atoms with Crippen molar-refractivity contribution >= 4 is 29.6 Å². The van der Waals surface area contributed by atoms with E-state index in [9.17, 15) is 22.8 Å². The van der Waals surface area contributed by atoms with Gasteiger partial charge in [-0.3, -0.25) is 4.79 Å². The zero-order valence-corrected chi connectivity index (χ0v) is 22.2. The molecule has 36 heavy (non-hydrogen) atoms. The number of anilines is 1. The van der Waals surface area contributed by atoms with Crippen LogP contribution >= 0.6 is 11.8 Å². The van der Waals surface area contributed by atoms with Crippen LogP contribution in [0.25, 0.3) is 0 Å². The molecule has 2 saturated heterocycles. The molecule has 2 amide bonds. The Labute approximate surface area is 213 Å². The molecule has 202 valence electrons. The minimum Gasteiger partial charge on any atom is -0.444 e. The predicted octanol–water partition coefficient (Wildman–Crippen LogP) is 3.59. The molecule has 0 radical (unpaired) electrons. The summed E-state index contributed by atoms with van der Waals surface area (Å²) in [6.07, 6.45) is -2.32. The SMILES string of the molecule is CSc1nc(N2CCC(OCC(=O)N3CCN(C(=O)OC(C)(C)C)CC3)CC2)c(C)c(C(F)(F)F)n1. The smallest absolute Gasteiger partial charge is 0.433 e. The van der Waals surface area contributed by atoms with Gasteiger partial charge in [0.2, 0.25) is 5.91 Å². The number of piperazine rings is 1. The average Bonchev–Trinajstić information content (AvgIpc) is 2.81. The lowest BCUT2D eigenvalue weighted by atomic mass is 10.1. The predicted molar refractivity (Wildman–Crippen MR) is 129 cm³/mol. The van der Waals surface area contributed by atoms with Crippen LogP contribution in [0.4, 0.5) is 23.8 Å². The highest BCUT2D eigenvalue weighted by Crippen LogP contribution is 2.35. The number of halogens is 3. The summed E-state index contributed by atoms with van der Waals surface area (Å²) >= 11 is 1.07. The fourth-order valence-corrected chi connectivity index (χ4v) is 4.50. The lowest BCUT2D eigenvalue weighted by Crippen LogP contribution is -2.52. The summed E-state index contributed by atoms with van der Waals surface area (Å²) in [4.78, 5) is 37.9. The Morgan fingerprint density at radius 3 is 2.11 bits per heavy atom. The molecule has 3 rings (SSSR count). The van der Waals surface area contributed by atoms with Gasteiger partial charge in [0.15, 0.2) is 10.9 Å². The second-order valence-corrected chi connectivity index (χ2v) is 10.6. The van der Waals surface area contributed by atoms with Crippen molar-refractivity contribution in [3.05, 3.63) is 11.3 Å². The quantitative estimate of drug-likeness (QED) is 0.419. The van der Waals surface area contributed by atoms with Gasteiger partial charge in [0.1, 0.15) is 18.0 Å². The molecular weight excluding hydrogens is 499 g/mol. The molecule has 0 atom stereocenters. The molecule has 3 heterocycles. The number of ether oxygens (including phenoxy) is 2. The number of rotatable bonds is 5. The van der Waals surface area contributed by atoms with Crippen molar-refractivity contribution in [2.75, 3.05) is 57.0 Å². The number of aromatic nitrogens is 2. The van der Waals surface area contributed by atoms with E-state index in [1.54, 1.807) is 16.1 Å². The van der Waals surface area contributed by atoms with Crippen molar-refractivity contribution in [1.29, 1.82) is 0 Å². The molecule has 0 bridgehead atoms. The standard InChI is InChI=1S/C23H34F3N5O4S/c1-15-18(23(24,25)26)27-20(36-5)28-19(15)30-8-6-16(7-9-30)34-14-17(32)29-10-12-31(13-11-29)21(33)35-22(2,3)4/h16H,6-14H2,1-5H3. The van der Waals surface area contributed by atoms with Gasteiger partial charge in [0, 0.05) is 44.8 Å². The Hall–Kier alpha value is -2.28. The van der Waals surface area contributed by atoms with E-state index in [0.29, 0.717) is 57.9 Å². The van der Waals surface area contributed by atoms with Gasteiger partial charge in [-0.15, -0.1) is 0 Å². The van der Waals surface area contributed by atoms with Gasteiger partial charge < -0.3 is 24.2 Å². The molecule has 9 nitrogen and oxygen atoms in total. The Morgan fingerprint density at radius 2 is 1.58 bits per heavy atom. The first-order valence-corrected chi connectivity index (χ1v) is 13.1. The Bertz CT molecular complexity index is 941. The van der Waals surface area contributed by atoms with Crippen LogP contribution in [-0.2, 0) is 20.4 Å². The van der Waals surface area contributed by atoms with Crippen LogP contribution in [0, 0.1) is 6.92 Å². The molecule has 0 saturated carbocycles. The summed E-state index contributed by atoms with van der Waals surface area (Å²) in [5, 5.41) is 0.0821. The van der Waals surface area contributed by atoms with Gasteiger partial charge in [-0.1, -0.05) is 11.8 Å². The summed E-state index contributed by atoms with van der Waals surface area (Å²) in [5.74, 6) is 0.145. The van der Waals surface area contributed by atoms with Crippen molar-refractivity contribution in [1.82, 2.24) is 19.8 Å². The van der Waals surface area contributed by atoms with Gasteiger partial charge in [0.05, 0.1) is 6.10 Å². The Morgan fingerprint density at radius 1 is 1.00 bits per heavy atom. The van der Waals surface area contributed by atoms with Gasteiger partial charge in [-0.2, -0.15) is 13.2 Å². The van der Waals surface area contributed by atoms with Crippen LogP contribution < -0.4 is 4.90 Å². The summed E-state index contributed by atoms with van der Waals surface area (Å²) in [7, 11) is 0. The largest absolute Gasteiger partial charge is 0.444 e. The normalized spacial score (nSPS) is 17.9. The number of nitrogens with zero attached hydrogens (tertiary/aromatic N) is 5. The first-order chi connectivity index (χ1) is 16.8. The zero-order valence-electron chi connectivity index (χ0n) is 21.4. The van der Waals surface area contributed by atoms with Crippen molar-refractivity contribution < 1.29 is 32.2 Å². The number of alkyl halides is 3. The van der Waals surface area contributed by atoms with E-state index in [1.165, 1.54) is 6.92 Å². The van der Waals surface area contributed by atoms with Crippen LogP contribution in [0.1, 0.15) is 44.9 Å². The third-order valence-electron chi connectivity index (χ3n) is 6.02. The molecular formula is C23H34F3N5O4S. The Balaban J connectivity index is 1.47. The summed E-state index contributed by atoms with van der Waals surface area (Å²) in [6.45, 7) is 9.30. The topological polar surface area (TPSA) is 88.1 Å². The maximum Gasteiger partial charge on any atom is 0.433 e. The van der Waals surface area contributed by atoms with E-state index in [0.717, 1.165) is 11.8 Å². The first-order valence-electron chi connectivity index (χ1n) is 11.9. The minimum absolute atomic E-state index is 0.0142. The van der Waals surface area contributed by atoms with Crippen molar-refractivity contribution in [3.63, 3.8) is 0 Å². The van der Waals surface area contributed by atoms with Gasteiger partial charge in [0.25, 0.3) is 0 Å². The fourth-order valence-electron chi connectivity index (χ4n) is 4.14. The molecule has 0 spiro atoms. The van der Waals surface area contributed by atoms with Crippen LogP contribution in [-0.4, -0.2) is 95.6 Å². The number of carbonyl (C=O) groups is 2. The minimum atomic E-state index is -4.55. The Kier molecular flexibility index (Phi) is 8.97. The number of hydrogen-bond acceptors (Lipinski definition) is 8. The van der Waals surface area contributed by atoms with E-state index in [2.05, 4.69) is 9.97 Å². The lowest BCUT2D eigenvalue weighted by Gasteiger charge is -2.36. The second-order valence-electron chi connectivity index (χ2n) is 9.85. The maximum absolute atomic E-state index is 13.4. The number of thioether (sulfide) groups is 1. The molecule has 2 fully saturated rings. The molecule has 1 aromatic rings. The van der Waals surface area contributed by atoms with Crippen LogP contribution in [0.15, 0.2) is 5.16 Å². The van der Waals surface area contributed by atoms with E-state index < -0.39 is 17.5 Å². The highest BCUT2D eigenvalue weighted by atomic mass is 32.2. The second kappa shape index (κ2) is 11.4. The summed E-state index contributed by atoms with van der Waals surface area (Å²) < 4.78 is 51.5. The van der Waals surface area contributed by atoms with Gasteiger partial charge in [-0.25, -0.2) is 14.8 Å². The first kappa shape index (κ1) is 28.3. The monoisotopic (exact) mass is 533 g/mol. The highest BCUT2D eigenvalue weighted by Gasteiger charge is 2.37. The van der Waals surface area contributed by atoms with Gasteiger partial charge in [-0.05, 0) is 46.8 Å². The lowest BCUT2D eigenvalue weighted by molar-refractivity contribution is -0.142. The number of piperidine rings is 1. The highest BCUT2D eigenvalue weighted by molar-refractivity contribution is 7.98. The molecule has 2 aliphatic heterocycles. The number of carbonyl (C=O) groups excluding carboxylic acids is 2. The van der Waals surface area contributed by atoms with Crippen LogP contribution in [0.2, 0.25) is 0 Å². The third kappa shape index (κ3) is 7.37. The van der Waals surface area contributed by atoms with E-state index in [4.69, 9.17) is 9.47 Å². The molecule has 1 aromatic heterocycles. The van der Waals surface area contributed by atoms with Crippen molar-refractivity contribution in [2.24, 2.45) is 0 Å². The van der Waals surface area contributed by atoms with Crippen LogP contribution in [0.3, 0.4) is 0 Å². The van der Waals surface area contributed by atoms with Crippen molar-refractivity contribution in [2.45, 2.75) is 63.6 Å². The molecule has 0 aliphatic carbocycles. The van der Waals surface area contributed by atoms with E-state index in [-0.39, 0.29) is 35.4 Å². The third-order valence-corrected chi connectivity index (χ3v) is 6.57. The molecule has 13 heteroatoms. The fraction of sp³-hybridized carbons (Fsp3) is 0.739. The van der Waals surface area contributed by atoms with Crippen LogP contribution in [0.5, 0.6) is 0 Å². The molecule has 0 aromatic carbocycles. The zero-order chi connectivity index (χ0) is 26.7. The molecule has 2 aliphatic rings. The van der Waals surface area contributed by atoms with E-state index in [1.807, 2.05) is 25.7 Å². The van der Waals surface area contributed by atoms with Crippen molar-refractivity contribution in [3.8, 4) is 0 Å². The number of amides is 2. The average molecular weight is 534 g/mol. The van der Waals surface area contributed by atoms with Gasteiger partial charge >= 0.3 is 12.3 Å². The molecule has 0 unspecified atom stereocenters. The number of hydrogen-bond donors (Lipinski definition) is 0.